The third-order valence-electron chi connectivity index (χ3n) is 4.34. The predicted molar refractivity (Wildman–Crippen MR) is 113 cm³/mol. The van der Waals surface area contributed by atoms with Gasteiger partial charge in [-0.2, -0.15) is 5.10 Å². The van der Waals surface area contributed by atoms with Crippen LogP contribution in [-0.4, -0.2) is 37.1 Å². The highest BCUT2D eigenvalue weighted by Gasteiger charge is 2.34. The number of carbonyl (C=O) groups is 1. The molecule has 0 aliphatic carbocycles. The summed E-state index contributed by atoms with van der Waals surface area (Å²) >= 11 is 4.53. The maximum atomic E-state index is 13.0. The predicted octanol–water partition coefficient (Wildman–Crippen LogP) is 3.57. The van der Waals surface area contributed by atoms with Gasteiger partial charge in [-0.25, -0.2) is 14.9 Å². The summed E-state index contributed by atoms with van der Waals surface area (Å²) < 4.78 is 1.57. The Morgan fingerprint density at radius 1 is 1.32 bits per heavy atom. The van der Waals surface area contributed by atoms with Gasteiger partial charge in [0.25, 0.3) is 5.91 Å². The van der Waals surface area contributed by atoms with Gasteiger partial charge < -0.3 is 0 Å². The monoisotopic (exact) mass is 433 g/mol. The fourth-order valence-electron chi connectivity index (χ4n) is 3.06. The zero-order valence-electron chi connectivity index (χ0n) is 15.2. The minimum absolute atomic E-state index is 0.0813. The smallest absolute Gasteiger partial charge is 0.272 e. The first-order valence-corrected chi connectivity index (χ1v) is 11.7. The fraction of sp³-hybridized carbons (Fsp3) is 0.333. The van der Waals surface area contributed by atoms with Gasteiger partial charge in [-0.1, -0.05) is 30.8 Å². The van der Waals surface area contributed by atoms with Gasteiger partial charge in [0.2, 0.25) is 0 Å². The van der Waals surface area contributed by atoms with Crippen molar-refractivity contribution in [1.29, 1.82) is 0 Å². The van der Waals surface area contributed by atoms with Crippen LogP contribution in [0.25, 0.3) is 0 Å². The van der Waals surface area contributed by atoms with Crippen LogP contribution in [0.2, 0.25) is 0 Å². The Morgan fingerprint density at radius 3 is 2.86 bits per heavy atom. The van der Waals surface area contributed by atoms with Crippen LogP contribution in [-0.2, 0) is 11.3 Å². The summed E-state index contributed by atoms with van der Waals surface area (Å²) in [6, 6.07) is 7.98. The first kappa shape index (κ1) is 19.2. The molecule has 7 nitrogen and oxygen atoms in total. The molecule has 0 saturated carbocycles. The van der Waals surface area contributed by atoms with Gasteiger partial charge in [0.05, 0.1) is 22.4 Å². The third-order valence-corrected chi connectivity index (χ3v) is 7.19. The van der Waals surface area contributed by atoms with E-state index in [1.54, 1.807) is 32.2 Å². The fourth-order valence-corrected chi connectivity index (χ4v) is 5.42. The summed E-state index contributed by atoms with van der Waals surface area (Å²) in [6.45, 7) is 2.57. The van der Waals surface area contributed by atoms with E-state index in [1.807, 2.05) is 41.9 Å². The van der Waals surface area contributed by atoms with Crippen molar-refractivity contribution >= 4 is 46.1 Å². The zero-order valence-corrected chi connectivity index (χ0v) is 17.6. The zero-order chi connectivity index (χ0) is 19.5. The van der Waals surface area contributed by atoms with Crippen molar-refractivity contribution in [2.45, 2.75) is 37.5 Å². The topological polar surface area (TPSA) is 83.3 Å². The molecule has 0 radical (unpaired) electrons. The van der Waals surface area contributed by atoms with Crippen LogP contribution >= 0.6 is 34.4 Å². The number of hydrazone groups is 1. The Balaban J connectivity index is 1.53. The number of hydrogen-bond acceptors (Lipinski definition) is 7. The standard InChI is InChI=1S/C18H19N5O2S3/c1-2-7-22-17(25)19-20-18(22)28-11-16(24)23-13(15-6-4-9-27-15)10-12(21-23)14-5-3-8-26-14/h3-6,8-9,13H,2,7,10-11H2,1H3,(H,19,25)/t13-/m1/s1. The average molecular weight is 434 g/mol. The SMILES string of the molecule is CCCn1c(SCC(=O)N2N=C(c3cccs3)C[C@@H]2c2cccs2)n[nH]c1=O. The van der Waals surface area contributed by atoms with Crippen LogP contribution in [0.1, 0.15) is 35.6 Å². The highest BCUT2D eigenvalue weighted by atomic mass is 32.2. The van der Waals surface area contributed by atoms with E-state index in [9.17, 15) is 9.59 Å². The van der Waals surface area contributed by atoms with Crippen LogP contribution in [0, 0.1) is 0 Å². The Kier molecular flexibility index (Phi) is 5.79. The van der Waals surface area contributed by atoms with Gasteiger partial charge in [-0.15, -0.1) is 27.8 Å². The largest absolute Gasteiger partial charge is 0.343 e. The number of amides is 1. The normalized spacial score (nSPS) is 16.5. The summed E-state index contributed by atoms with van der Waals surface area (Å²) in [5.74, 6) is 0.0883. The Labute approximate surface area is 174 Å². The number of nitrogens with zero attached hydrogens (tertiary/aromatic N) is 4. The van der Waals surface area contributed by atoms with Crippen LogP contribution in [0.5, 0.6) is 0 Å². The number of nitrogens with one attached hydrogen (secondary N) is 1. The molecule has 28 heavy (non-hydrogen) atoms. The maximum Gasteiger partial charge on any atom is 0.343 e. The van der Waals surface area contributed by atoms with E-state index in [0.717, 1.165) is 21.9 Å². The van der Waals surface area contributed by atoms with E-state index in [4.69, 9.17) is 0 Å². The number of aromatic nitrogens is 3. The molecule has 0 fully saturated rings. The third kappa shape index (κ3) is 3.85. The lowest BCUT2D eigenvalue weighted by Gasteiger charge is -2.20. The lowest BCUT2D eigenvalue weighted by atomic mass is 10.1. The Hall–Kier alpha value is -2.17. The van der Waals surface area contributed by atoms with E-state index >= 15 is 0 Å². The minimum Gasteiger partial charge on any atom is -0.272 e. The van der Waals surface area contributed by atoms with Gasteiger partial charge in [0.1, 0.15) is 0 Å². The number of aromatic amines is 1. The summed E-state index contributed by atoms with van der Waals surface area (Å²) in [5.41, 5.74) is 0.696. The molecule has 0 bridgehead atoms. The molecule has 1 amide bonds. The van der Waals surface area contributed by atoms with Crippen molar-refractivity contribution in [1.82, 2.24) is 19.8 Å². The molecule has 4 heterocycles. The number of carbonyl (C=O) groups excluding carboxylic acids is 1. The van der Waals surface area contributed by atoms with Gasteiger partial charge >= 0.3 is 5.69 Å². The maximum absolute atomic E-state index is 13.0. The number of H-pyrrole nitrogens is 1. The van der Waals surface area contributed by atoms with Crippen molar-refractivity contribution in [3.63, 3.8) is 0 Å². The molecular formula is C18H19N5O2S3. The van der Waals surface area contributed by atoms with Crippen molar-refractivity contribution in [3.05, 3.63) is 55.3 Å². The van der Waals surface area contributed by atoms with Crippen molar-refractivity contribution in [2.75, 3.05) is 5.75 Å². The summed E-state index contributed by atoms with van der Waals surface area (Å²) in [6.07, 6.45) is 1.53. The van der Waals surface area contributed by atoms with Gasteiger partial charge in [-0.3, -0.25) is 9.36 Å². The molecule has 3 aromatic rings. The number of hydrogen-bond donors (Lipinski definition) is 1. The van der Waals surface area contributed by atoms with Crippen LogP contribution < -0.4 is 5.69 Å². The average Bonchev–Trinajstić information content (AvgIpc) is 3.47. The highest BCUT2D eigenvalue weighted by molar-refractivity contribution is 7.99. The molecule has 146 valence electrons. The molecule has 0 saturated heterocycles. The van der Waals surface area contributed by atoms with Crippen molar-refractivity contribution in [3.8, 4) is 0 Å². The van der Waals surface area contributed by atoms with Gasteiger partial charge in [0, 0.05) is 17.8 Å². The molecule has 1 aliphatic heterocycles. The van der Waals surface area contributed by atoms with E-state index in [0.29, 0.717) is 18.1 Å². The Morgan fingerprint density at radius 2 is 2.14 bits per heavy atom. The molecule has 1 atom stereocenters. The minimum atomic E-state index is -0.243. The number of rotatable bonds is 7. The van der Waals surface area contributed by atoms with Crippen molar-refractivity contribution in [2.24, 2.45) is 5.10 Å². The second kappa shape index (κ2) is 8.46. The van der Waals surface area contributed by atoms with Gasteiger partial charge in [-0.05, 0) is 29.3 Å². The second-order valence-electron chi connectivity index (χ2n) is 6.25. The molecular weight excluding hydrogens is 414 g/mol. The summed E-state index contributed by atoms with van der Waals surface area (Å²) in [4.78, 5) is 27.0. The number of thioether (sulfide) groups is 1. The first-order valence-electron chi connectivity index (χ1n) is 8.92. The summed E-state index contributed by atoms with van der Waals surface area (Å²) in [5, 5.41) is 17.3. The molecule has 0 spiro atoms. The molecule has 1 aliphatic rings. The Bertz CT molecular complexity index is 1020. The quantitative estimate of drug-likeness (QED) is 0.578. The first-order chi connectivity index (χ1) is 13.7. The van der Waals surface area contributed by atoms with Gasteiger partial charge in [0.15, 0.2) is 5.16 Å². The van der Waals surface area contributed by atoms with Crippen LogP contribution in [0.3, 0.4) is 0 Å². The second-order valence-corrected chi connectivity index (χ2v) is 9.12. The van der Waals surface area contributed by atoms with E-state index in [-0.39, 0.29) is 23.4 Å². The van der Waals surface area contributed by atoms with Crippen molar-refractivity contribution < 1.29 is 4.79 Å². The lowest BCUT2D eigenvalue weighted by molar-refractivity contribution is -0.130. The molecule has 10 heteroatoms. The van der Waals surface area contributed by atoms with Crippen LogP contribution in [0.4, 0.5) is 0 Å². The molecule has 3 aromatic heterocycles. The van der Waals surface area contributed by atoms with Crippen LogP contribution in [0.15, 0.2) is 50.1 Å². The van der Waals surface area contributed by atoms with E-state index in [2.05, 4.69) is 15.3 Å². The molecule has 1 N–H and O–H groups in total. The number of thiophene rings is 2. The molecule has 4 rings (SSSR count). The summed E-state index contributed by atoms with van der Waals surface area (Å²) in [7, 11) is 0. The highest BCUT2D eigenvalue weighted by Crippen LogP contribution is 2.36. The van der Waals surface area contributed by atoms with E-state index in [1.165, 1.54) is 11.8 Å². The van der Waals surface area contributed by atoms with E-state index < -0.39 is 0 Å². The molecule has 0 aromatic carbocycles. The molecule has 0 unspecified atom stereocenters. The lowest BCUT2D eigenvalue weighted by Crippen LogP contribution is -2.28.